The van der Waals surface area contributed by atoms with Gasteiger partial charge in [0.05, 0.1) is 13.7 Å². The maximum Gasteiger partial charge on any atom is 0.332 e. The highest BCUT2D eigenvalue weighted by Crippen LogP contribution is 1.89. The van der Waals surface area contributed by atoms with Crippen LogP contribution in [0.15, 0.2) is 12.3 Å². The van der Waals surface area contributed by atoms with Crippen LogP contribution < -0.4 is 5.48 Å². The maximum absolute atomic E-state index is 10.5. The van der Waals surface area contributed by atoms with Gasteiger partial charge in [-0.3, -0.25) is 10.3 Å². The summed E-state index contributed by atoms with van der Waals surface area (Å²) in [5.41, 5.74) is 2.50. The fraction of sp³-hybridized carbons (Fsp3) is 0.625. The summed E-state index contributed by atoms with van der Waals surface area (Å²) in [6, 6.07) is 0. The van der Waals surface area contributed by atoms with Crippen LogP contribution in [0.3, 0.4) is 0 Å². The Morgan fingerprint density at radius 2 is 2.25 bits per heavy atom. The minimum atomic E-state index is -0.407. The lowest BCUT2D eigenvalue weighted by Gasteiger charge is -2.03. The van der Waals surface area contributed by atoms with E-state index in [1.54, 1.807) is 0 Å². The van der Waals surface area contributed by atoms with E-state index in [-0.39, 0.29) is 0 Å². The molecule has 0 spiro atoms. The van der Waals surface area contributed by atoms with Crippen molar-refractivity contribution in [3.05, 3.63) is 12.3 Å². The molecule has 0 aromatic heterocycles. The number of hydrogen-bond acceptors (Lipinski definition) is 4. The van der Waals surface area contributed by atoms with Gasteiger partial charge in [-0.15, -0.1) is 0 Å². The van der Waals surface area contributed by atoms with Crippen molar-refractivity contribution < 1.29 is 14.4 Å². The van der Waals surface area contributed by atoms with Crippen molar-refractivity contribution in [2.24, 2.45) is 5.92 Å². The van der Waals surface area contributed by atoms with Crippen LogP contribution in [0.4, 0.5) is 0 Å². The first-order valence-corrected chi connectivity index (χ1v) is 3.78. The minimum absolute atomic E-state index is 0.407. The van der Waals surface area contributed by atoms with Gasteiger partial charge >= 0.3 is 5.97 Å². The lowest BCUT2D eigenvalue weighted by atomic mass is 10.2. The molecule has 0 aliphatic heterocycles. The molecular weight excluding hydrogens is 158 g/mol. The quantitative estimate of drug-likeness (QED) is 0.290. The third kappa shape index (κ3) is 7.08. The SMILES string of the molecule is COC(=O)/C=C/NOCC(C)C. The molecule has 12 heavy (non-hydrogen) atoms. The monoisotopic (exact) mass is 173 g/mol. The molecule has 0 radical (unpaired) electrons. The first kappa shape index (κ1) is 11.0. The first-order chi connectivity index (χ1) is 5.66. The second kappa shape index (κ2) is 6.67. The molecule has 0 amide bonds. The van der Waals surface area contributed by atoms with Crippen molar-refractivity contribution in [3.8, 4) is 0 Å². The third-order valence-corrected chi connectivity index (χ3v) is 0.989. The summed E-state index contributed by atoms with van der Waals surface area (Å²) in [5, 5.41) is 0. The van der Waals surface area contributed by atoms with Crippen molar-refractivity contribution in [1.29, 1.82) is 0 Å². The number of carbonyl (C=O) groups excluding carboxylic acids is 1. The number of hydroxylamine groups is 1. The van der Waals surface area contributed by atoms with E-state index in [2.05, 4.69) is 10.2 Å². The Morgan fingerprint density at radius 1 is 1.58 bits per heavy atom. The Balaban J connectivity index is 3.30. The van der Waals surface area contributed by atoms with Crippen LogP contribution in [0.25, 0.3) is 0 Å². The summed E-state index contributed by atoms with van der Waals surface area (Å²) in [5.74, 6) is 0.0553. The molecule has 0 rings (SSSR count). The minimum Gasteiger partial charge on any atom is -0.466 e. The molecule has 0 saturated heterocycles. The highest BCUT2D eigenvalue weighted by atomic mass is 16.6. The second-order valence-electron chi connectivity index (χ2n) is 2.68. The zero-order valence-electron chi connectivity index (χ0n) is 7.66. The lowest BCUT2D eigenvalue weighted by molar-refractivity contribution is -0.134. The molecule has 70 valence electrons. The number of carbonyl (C=O) groups is 1. The van der Waals surface area contributed by atoms with Crippen LogP contribution in [0.5, 0.6) is 0 Å². The Bertz CT molecular complexity index is 154. The molecule has 0 aromatic carbocycles. The maximum atomic E-state index is 10.5. The molecule has 0 aromatic rings. The number of methoxy groups -OCH3 is 1. The second-order valence-corrected chi connectivity index (χ2v) is 2.68. The summed E-state index contributed by atoms with van der Waals surface area (Å²) in [4.78, 5) is 15.4. The predicted octanol–water partition coefficient (Wildman–Crippen LogP) is 0.850. The van der Waals surface area contributed by atoms with Gasteiger partial charge in [0.15, 0.2) is 0 Å². The van der Waals surface area contributed by atoms with E-state index in [1.807, 2.05) is 13.8 Å². The topological polar surface area (TPSA) is 47.6 Å². The summed E-state index contributed by atoms with van der Waals surface area (Å²) in [6.45, 7) is 4.67. The van der Waals surface area contributed by atoms with E-state index in [1.165, 1.54) is 19.4 Å². The van der Waals surface area contributed by atoms with Crippen LogP contribution in [0.1, 0.15) is 13.8 Å². The molecule has 4 heteroatoms. The predicted molar refractivity (Wildman–Crippen MR) is 45.1 cm³/mol. The molecule has 0 heterocycles. The van der Waals surface area contributed by atoms with E-state index >= 15 is 0 Å². The Kier molecular flexibility index (Phi) is 6.09. The first-order valence-electron chi connectivity index (χ1n) is 3.78. The number of esters is 1. The van der Waals surface area contributed by atoms with Crippen LogP contribution >= 0.6 is 0 Å². The van der Waals surface area contributed by atoms with Gasteiger partial charge in [0.1, 0.15) is 0 Å². The summed E-state index contributed by atoms with van der Waals surface area (Å²) >= 11 is 0. The number of rotatable bonds is 5. The lowest BCUT2D eigenvalue weighted by Crippen LogP contribution is -2.12. The smallest absolute Gasteiger partial charge is 0.332 e. The van der Waals surface area contributed by atoms with E-state index in [4.69, 9.17) is 4.84 Å². The van der Waals surface area contributed by atoms with Gasteiger partial charge in [-0.2, -0.15) is 0 Å². The van der Waals surface area contributed by atoms with Crippen LogP contribution in [0.2, 0.25) is 0 Å². The normalized spacial score (nSPS) is 10.7. The molecule has 0 bridgehead atoms. The van der Waals surface area contributed by atoms with Gasteiger partial charge in [0.2, 0.25) is 0 Å². The average molecular weight is 173 g/mol. The summed E-state index contributed by atoms with van der Waals surface area (Å²) in [6.07, 6.45) is 2.65. The van der Waals surface area contributed by atoms with Gasteiger partial charge < -0.3 is 4.74 Å². The molecule has 0 saturated carbocycles. The van der Waals surface area contributed by atoms with E-state index in [0.717, 1.165) is 0 Å². The number of hydrogen-bond donors (Lipinski definition) is 1. The number of nitrogens with one attached hydrogen (secondary N) is 1. The Labute approximate surface area is 72.5 Å². The molecule has 0 atom stereocenters. The van der Waals surface area contributed by atoms with Gasteiger partial charge in [-0.25, -0.2) is 4.79 Å². The van der Waals surface area contributed by atoms with Gasteiger partial charge in [-0.05, 0) is 5.92 Å². The molecule has 0 aliphatic rings. The molecule has 1 N–H and O–H groups in total. The van der Waals surface area contributed by atoms with Crippen LogP contribution in [0, 0.1) is 5.92 Å². The van der Waals surface area contributed by atoms with Crippen molar-refractivity contribution in [3.63, 3.8) is 0 Å². The van der Waals surface area contributed by atoms with E-state index in [0.29, 0.717) is 12.5 Å². The average Bonchev–Trinajstić information content (AvgIpc) is 2.03. The zero-order valence-corrected chi connectivity index (χ0v) is 7.66. The Hall–Kier alpha value is -1.03. The highest BCUT2D eigenvalue weighted by molar-refractivity contribution is 5.81. The fourth-order valence-corrected chi connectivity index (χ4v) is 0.433. The van der Waals surface area contributed by atoms with Gasteiger partial charge in [0, 0.05) is 12.3 Å². The number of ether oxygens (including phenoxy) is 1. The molecule has 0 aliphatic carbocycles. The van der Waals surface area contributed by atoms with Crippen molar-refractivity contribution in [2.75, 3.05) is 13.7 Å². The summed E-state index contributed by atoms with van der Waals surface area (Å²) < 4.78 is 4.36. The molecular formula is C8H15NO3. The molecule has 0 unspecified atom stereocenters. The Morgan fingerprint density at radius 3 is 2.75 bits per heavy atom. The molecule has 0 fully saturated rings. The third-order valence-electron chi connectivity index (χ3n) is 0.989. The standard InChI is InChI=1S/C8H15NO3/c1-7(2)6-12-9-5-4-8(10)11-3/h4-5,7,9H,6H2,1-3H3/b5-4+. The largest absolute Gasteiger partial charge is 0.466 e. The van der Waals surface area contributed by atoms with Gasteiger partial charge in [-0.1, -0.05) is 13.8 Å². The van der Waals surface area contributed by atoms with E-state index in [9.17, 15) is 4.79 Å². The van der Waals surface area contributed by atoms with Crippen molar-refractivity contribution in [1.82, 2.24) is 5.48 Å². The van der Waals surface area contributed by atoms with Crippen LogP contribution in [-0.2, 0) is 14.4 Å². The fourth-order valence-electron chi connectivity index (χ4n) is 0.433. The van der Waals surface area contributed by atoms with Crippen molar-refractivity contribution in [2.45, 2.75) is 13.8 Å². The zero-order chi connectivity index (χ0) is 9.40. The summed E-state index contributed by atoms with van der Waals surface area (Å²) in [7, 11) is 1.32. The van der Waals surface area contributed by atoms with E-state index < -0.39 is 5.97 Å². The van der Waals surface area contributed by atoms with Crippen LogP contribution in [-0.4, -0.2) is 19.7 Å². The highest BCUT2D eigenvalue weighted by Gasteiger charge is 1.91. The van der Waals surface area contributed by atoms with Crippen molar-refractivity contribution >= 4 is 5.97 Å². The van der Waals surface area contributed by atoms with Gasteiger partial charge in [0.25, 0.3) is 0 Å². The molecule has 4 nitrogen and oxygen atoms in total.